The lowest BCUT2D eigenvalue weighted by molar-refractivity contribution is -0.384. The lowest BCUT2D eigenvalue weighted by Crippen LogP contribution is -2.38. The Morgan fingerprint density at radius 1 is 1.15 bits per heavy atom. The SMILES string of the molecule is NC(=O)CCOc1ccc(NC(=O)C2CCN(c3ccc(C(F)(F)F)cc3[N+](=O)[O-])CC2)cc1. The Morgan fingerprint density at radius 3 is 2.35 bits per heavy atom. The van der Waals surface area contributed by atoms with E-state index in [-0.39, 0.29) is 43.6 Å². The first-order chi connectivity index (χ1) is 16.0. The summed E-state index contributed by atoms with van der Waals surface area (Å²) in [5, 5.41) is 14.2. The summed E-state index contributed by atoms with van der Waals surface area (Å²) in [7, 11) is 0. The predicted octanol–water partition coefficient (Wildman–Crippen LogP) is 3.72. The van der Waals surface area contributed by atoms with E-state index in [9.17, 15) is 32.9 Å². The zero-order valence-corrected chi connectivity index (χ0v) is 18.0. The molecule has 2 aromatic rings. The largest absolute Gasteiger partial charge is 0.493 e. The maximum absolute atomic E-state index is 12.9. The van der Waals surface area contributed by atoms with Crippen molar-refractivity contribution in [2.45, 2.75) is 25.4 Å². The van der Waals surface area contributed by atoms with Crippen LogP contribution in [-0.4, -0.2) is 36.4 Å². The molecule has 34 heavy (non-hydrogen) atoms. The van der Waals surface area contributed by atoms with Crippen molar-refractivity contribution in [3.05, 3.63) is 58.1 Å². The van der Waals surface area contributed by atoms with Crippen molar-refractivity contribution in [1.82, 2.24) is 0 Å². The summed E-state index contributed by atoms with van der Waals surface area (Å²) in [5.41, 5.74) is 4.00. The molecule has 0 bridgehead atoms. The monoisotopic (exact) mass is 480 g/mol. The summed E-state index contributed by atoms with van der Waals surface area (Å²) in [6.07, 6.45) is -3.81. The number of benzene rings is 2. The number of rotatable bonds is 8. The van der Waals surface area contributed by atoms with Crippen LogP contribution in [0.5, 0.6) is 5.75 Å². The Labute approximate surface area is 192 Å². The summed E-state index contributed by atoms with van der Waals surface area (Å²) >= 11 is 0. The summed E-state index contributed by atoms with van der Waals surface area (Å²) in [6, 6.07) is 9.05. The van der Waals surface area contributed by atoms with Gasteiger partial charge < -0.3 is 20.7 Å². The van der Waals surface area contributed by atoms with Crippen LogP contribution >= 0.6 is 0 Å². The fourth-order valence-electron chi connectivity index (χ4n) is 3.64. The standard InChI is InChI=1S/C22H23F3N4O5/c23-22(24,25)15-1-6-18(19(13-15)29(32)33)28-10-7-14(8-11-28)21(31)27-16-2-4-17(5-3-16)34-12-9-20(26)30/h1-6,13-14H,7-12H2,(H2,26,30)(H,27,31). The van der Waals surface area contributed by atoms with Crippen LogP contribution in [0.25, 0.3) is 0 Å². The number of carbonyl (C=O) groups is 2. The summed E-state index contributed by atoms with van der Waals surface area (Å²) < 4.78 is 44.1. The molecule has 0 aromatic heterocycles. The molecule has 0 unspecified atom stereocenters. The van der Waals surface area contributed by atoms with Gasteiger partial charge in [0, 0.05) is 30.8 Å². The van der Waals surface area contributed by atoms with Crippen molar-refractivity contribution in [1.29, 1.82) is 0 Å². The number of piperidine rings is 1. The highest BCUT2D eigenvalue weighted by atomic mass is 19.4. The number of hydrogen-bond acceptors (Lipinski definition) is 6. The summed E-state index contributed by atoms with van der Waals surface area (Å²) in [6.45, 7) is 0.727. The average Bonchev–Trinajstić information content (AvgIpc) is 2.79. The van der Waals surface area contributed by atoms with Gasteiger partial charge in [-0.15, -0.1) is 0 Å². The second-order valence-electron chi connectivity index (χ2n) is 7.80. The number of carbonyl (C=O) groups excluding carboxylic acids is 2. The van der Waals surface area contributed by atoms with Crippen LogP contribution in [0.15, 0.2) is 42.5 Å². The first kappa shape index (κ1) is 24.8. The molecule has 12 heteroatoms. The molecular formula is C22H23F3N4O5. The van der Waals surface area contributed by atoms with E-state index in [1.165, 1.54) is 0 Å². The number of nitrogens with two attached hydrogens (primary N) is 1. The molecular weight excluding hydrogens is 457 g/mol. The van der Waals surface area contributed by atoms with Crippen molar-refractivity contribution < 1.29 is 32.4 Å². The molecule has 1 fully saturated rings. The minimum absolute atomic E-state index is 0.0901. The van der Waals surface area contributed by atoms with Gasteiger partial charge in [-0.25, -0.2) is 0 Å². The molecule has 182 valence electrons. The summed E-state index contributed by atoms with van der Waals surface area (Å²) in [5.74, 6) is -0.520. The number of alkyl halides is 3. The van der Waals surface area contributed by atoms with Crippen LogP contribution in [0, 0.1) is 16.0 Å². The van der Waals surface area contributed by atoms with Gasteiger partial charge in [-0.3, -0.25) is 19.7 Å². The van der Waals surface area contributed by atoms with Gasteiger partial charge in [-0.05, 0) is 49.2 Å². The Kier molecular flexibility index (Phi) is 7.59. The highest BCUT2D eigenvalue weighted by molar-refractivity contribution is 5.92. The number of hydrogen-bond donors (Lipinski definition) is 2. The number of nitro groups is 1. The van der Waals surface area contributed by atoms with Gasteiger partial charge >= 0.3 is 6.18 Å². The van der Waals surface area contributed by atoms with Crippen molar-refractivity contribution in [2.24, 2.45) is 11.7 Å². The van der Waals surface area contributed by atoms with E-state index < -0.39 is 28.3 Å². The number of ether oxygens (including phenoxy) is 1. The highest BCUT2D eigenvalue weighted by Crippen LogP contribution is 2.37. The van der Waals surface area contributed by atoms with Gasteiger partial charge in [0.2, 0.25) is 11.8 Å². The third-order valence-corrected chi connectivity index (χ3v) is 5.44. The Morgan fingerprint density at radius 2 is 1.79 bits per heavy atom. The van der Waals surface area contributed by atoms with E-state index in [2.05, 4.69) is 5.32 Å². The predicted molar refractivity (Wildman–Crippen MR) is 117 cm³/mol. The second-order valence-corrected chi connectivity index (χ2v) is 7.80. The number of anilines is 2. The fourth-order valence-corrected chi connectivity index (χ4v) is 3.64. The molecule has 3 N–H and O–H groups in total. The van der Waals surface area contributed by atoms with E-state index in [4.69, 9.17) is 10.5 Å². The number of nitrogens with zero attached hydrogens (tertiary/aromatic N) is 2. The molecule has 1 heterocycles. The number of primary amides is 1. The summed E-state index contributed by atoms with van der Waals surface area (Å²) in [4.78, 5) is 35.5. The van der Waals surface area contributed by atoms with Gasteiger partial charge in [0.15, 0.2) is 0 Å². The zero-order valence-electron chi connectivity index (χ0n) is 18.0. The number of nitro benzene ring substituents is 1. The van der Waals surface area contributed by atoms with Crippen LogP contribution < -0.4 is 20.7 Å². The van der Waals surface area contributed by atoms with Crippen molar-refractivity contribution in [3.8, 4) is 5.75 Å². The van der Waals surface area contributed by atoms with Crippen LogP contribution in [0.4, 0.5) is 30.2 Å². The molecule has 1 aliphatic rings. The Hall–Kier alpha value is -3.83. The third kappa shape index (κ3) is 6.36. The van der Waals surface area contributed by atoms with Crippen molar-refractivity contribution in [3.63, 3.8) is 0 Å². The van der Waals surface area contributed by atoms with Crippen LogP contribution in [0.2, 0.25) is 0 Å². The second kappa shape index (κ2) is 10.4. The molecule has 2 aromatic carbocycles. The number of halogens is 3. The molecule has 1 aliphatic heterocycles. The molecule has 1 saturated heterocycles. The van der Waals surface area contributed by atoms with Crippen molar-refractivity contribution in [2.75, 3.05) is 29.9 Å². The van der Waals surface area contributed by atoms with E-state index in [1.54, 1.807) is 29.2 Å². The maximum atomic E-state index is 12.9. The van der Waals surface area contributed by atoms with Crippen molar-refractivity contribution >= 4 is 28.9 Å². The third-order valence-electron chi connectivity index (χ3n) is 5.44. The fraction of sp³-hybridized carbons (Fsp3) is 0.364. The topological polar surface area (TPSA) is 128 Å². The highest BCUT2D eigenvalue weighted by Gasteiger charge is 2.35. The lowest BCUT2D eigenvalue weighted by Gasteiger charge is -2.32. The Bertz CT molecular complexity index is 1050. The quantitative estimate of drug-likeness (QED) is 0.438. The van der Waals surface area contributed by atoms with Crippen LogP contribution in [-0.2, 0) is 15.8 Å². The molecule has 0 saturated carbocycles. The first-order valence-electron chi connectivity index (χ1n) is 10.5. The first-order valence-corrected chi connectivity index (χ1v) is 10.5. The normalized spacial score (nSPS) is 14.5. The average molecular weight is 480 g/mol. The van der Waals surface area contributed by atoms with E-state index in [0.717, 1.165) is 12.1 Å². The van der Waals surface area contributed by atoms with Crippen LogP contribution in [0.1, 0.15) is 24.8 Å². The molecule has 2 amide bonds. The molecule has 0 atom stereocenters. The van der Waals surface area contributed by atoms with E-state index >= 15 is 0 Å². The molecule has 9 nitrogen and oxygen atoms in total. The smallest absolute Gasteiger partial charge is 0.416 e. The van der Waals surface area contributed by atoms with Gasteiger partial charge in [-0.1, -0.05) is 0 Å². The molecule has 0 spiro atoms. The number of amides is 2. The van der Waals surface area contributed by atoms with E-state index in [0.29, 0.717) is 30.3 Å². The lowest BCUT2D eigenvalue weighted by atomic mass is 9.95. The van der Waals surface area contributed by atoms with Gasteiger partial charge in [0.1, 0.15) is 11.4 Å². The minimum Gasteiger partial charge on any atom is -0.493 e. The van der Waals surface area contributed by atoms with Gasteiger partial charge in [-0.2, -0.15) is 13.2 Å². The minimum atomic E-state index is -4.68. The molecule has 0 aliphatic carbocycles. The van der Waals surface area contributed by atoms with E-state index in [1.807, 2.05) is 0 Å². The number of nitrogens with one attached hydrogen (secondary N) is 1. The van der Waals surface area contributed by atoms with Gasteiger partial charge in [0.05, 0.1) is 23.5 Å². The van der Waals surface area contributed by atoms with Crippen LogP contribution in [0.3, 0.4) is 0 Å². The molecule has 0 radical (unpaired) electrons. The maximum Gasteiger partial charge on any atom is 0.416 e. The molecule has 3 rings (SSSR count). The zero-order chi connectivity index (χ0) is 24.9. The van der Waals surface area contributed by atoms with Gasteiger partial charge in [0.25, 0.3) is 5.69 Å². The Balaban J connectivity index is 1.57.